The number of carboxylic acid groups (broad SMARTS) is 1. The summed E-state index contributed by atoms with van der Waals surface area (Å²) in [6, 6.07) is 8.81. The van der Waals surface area contributed by atoms with Gasteiger partial charge < -0.3 is 19.8 Å². The molecule has 1 unspecified atom stereocenters. The van der Waals surface area contributed by atoms with E-state index < -0.39 is 5.97 Å². The molecule has 0 spiro atoms. The van der Waals surface area contributed by atoms with E-state index in [0.717, 1.165) is 11.1 Å². The summed E-state index contributed by atoms with van der Waals surface area (Å²) in [4.78, 5) is 17.4. The van der Waals surface area contributed by atoms with Gasteiger partial charge in [-0.05, 0) is 12.1 Å². The Labute approximate surface area is 121 Å². The van der Waals surface area contributed by atoms with Crippen LogP contribution in [0.25, 0.3) is 10.9 Å². The first kappa shape index (κ1) is 13.8. The van der Waals surface area contributed by atoms with E-state index in [1.165, 1.54) is 0 Å². The van der Waals surface area contributed by atoms with Gasteiger partial charge in [-0.25, -0.2) is 9.78 Å². The maximum absolute atomic E-state index is 11.3. The Morgan fingerprint density at radius 2 is 2.24 bits per heavy atom. The van der Waals surface area contributed by atoms with E-state index in [4.69, 9.17) is 4.74 Å². The molecule has 2 aromatic rings. The summed E-state index contributed by atoms with van der Waals surface area (Å²) in [5, 5.41) is 19.6. The normalized spacial score (nSPS) is 18.9. The highest BCUT2D eigenvalue weighted by atomic mass is 16.5. The second kappa shape index (κ2) is 5.67. The summed E-state index contributed by atoms with van der Waals surface area (Å²) in [7, 11) is 0. The Hall–Kier alpha value is -2.18. The number of benzene rings is 1. The average Bonchev–Trinajstić information content (AvgIpc) is 2.53. The lowest BCUT2D eigenvalue weighted by atomic mass is 10.1. The van der Waals surface area contributed by atoms with E-state index in [1.54, 1.807) is 12.1 Å². The van der Waals surface area contributed by atoms with Crippen LogP contribution in [0.4, 0.5) is 5.69 Å². The highest BCUT2D eigenvalue weighted by Crippen LogP contribution is 2.29. The van der Waals surface area contributed by atoms with Crippen molar-refractivity contribution in [1.82, 2.24) is 4.98 Å². The first-order chi connectivity index (χ1) is 10.2. The van der Waals surface area contributed by atoms with E-state index in [-0.39, 0.29) is 18.3 Å². The quantitative estimate of drug-likeness (QED) is 0.881. The van der Waals surface area contributed by atoms with Gasteiger partial charge in [0, 0.05) is 17.6 Å². The number of anilines is 1. The fourth-order valence-electron chi connectivity index (χ4n) is 2.63. The van der Waals surface area contributed by atoms with Crippen LogP contribution < -0.4 is 4.90 Å². The summed E-state index contributed by atoms with van der Waals surface area (Å²) in [6.45, 7) is 1.54. The number of aromatic nitrogens is 1. The van der Waals surface area contributed by atoms with E-state index in [9.17, 15) is 15.0 Å². The van der Waals surface area contributed by atoms with Crippen molar-refractivity contribution in [2.75, 3.05) is 31.3 Å². The molecule has 1 aliphatic heterocycles. The maximum atomic E-state index is 11.3. The molecule has 3 rings (SSSR count). The number of aliphatic hydroxyl groups excluding tert-OH is 1. The number of para-hydroxylation sites is 1. The predicted molar refractivity (Wildman–Crippen MR) is 77.7 cm³/mol. The second-order valence-corrected chi connectivity index (χ2v) is 4.95. The van der Waals surface area contributed by atoms with Crippen LogP contribution in [0.1, 0.15) is 10.5 Å². The van der Waals surface area contributed by atoms with Crippen LogP contribution in [-0.2, 0) is 4.74 Å². The fraction of sp³-hybridized carbons (Fsp3) is 0.333. The molecular formula is C15H16N2O4. The zero-order valence-corrected chi connectivity index (χ0v) is 11.4. The number of fused-ring (bicyclic) bond motifs is 1. The van der Waals surface area contributed by atoms with Crippen molar-refractivity contribution in [3.63, 3.8) is 0 Å². The van der Waals surface area contributed by atoms with Gasteiger partial charge in [-0.3, -0.25) is 0 Å². The van der Waals surface area contributed by atoms with Crippen LogP contribution in [0.2, 0.25) is 0 Å². The Morgan fingerprint density at radius 3 is 3.00 bits per heavy atom. The number of aromatic carboxylic acids is 1. The lowest BCUT2D eigenvalue weighted by Crippen LogP contribution is -2.47. The number of carboxylic acids is 1. The third kappa shape index (κ3) is 2.55. The minimum Gasteiger partial charge on any atom is -0.477 e. The van der Waals surface area contributed by atoms with Crippen molar-refractivity contribution in [3.8, 4) is 0 Å². The molecule has 0 saturated carbocycles. The average molecular weight is 288 g/mol. The number of rotatable bonds is 3. The van der Waals surface area contributed by atoms with Gasteiger partial charge in [-0.2, -0.15) is 0 Å². The largest absolute Gasteiger partial charge is 0.477 e. The number of carbonyl (C=O) groups is 1. The molecule has 0 amide bonds. The Bertz CT molecular complexity index is 674. The van der Waals surface area contributed by atoms with Crippen LogP contribution in [0, 0.1) is 0 Å². The Balaban J connectivity index is 2.17. The number of aliphatic hydroxyl groups is 1. The predicted octanol–water partition coefficient (Wildman–Crippen LogP) is 1.13. The zero-order valence-electron chi connectivity index (χ0n) is 11.4. The Kier molecular flexibility index (Phi) is 3.72. The standard InChI is InChI=1S/C15H16N2O4/c18-8-10-9-21-6-5-17(10)14-7-13(15(19)20)16-12-4-2-1-3-11(12)14/h1-4,7,10,18H,5-6,8-9H2,(H,19,20). The van der Waals surface area contributed by atoms with E-state index in [1.807, 2.05) is 23.1 Å². The van der Waals surface area contributed by atoms with E-state index in [0.29, 0.717) is 25.3 Å². The van der Waals surface area contributed by atoms with E-state index >= 15 is 0 Å². The molecule has 0 bridgehead atoms. The molecule has 2 heterocycles. The van der Waals surface area contributed by atoms with Crippen molar-refractivity contribution in [2.45, 2.75) is 6.04 Å². The summed E-state index contributed by atoms with van der Waals surface area (Å²) >= 11 is 0. The maximum Gasteiger partial charge on any atom is 0.354 e. The van der Waals surface area contributed by atoms with Gasteiger partial charge in [0.2, 0.25) is 0 Å². The van der Waals surface area contributed by atoms with Gasteiger partial charge in [0.1, 0.15) is 0 Å². The smallest absolute Gasteiger partial charge is 0.354 e. The fourth-order valence-corrected chi connectivity index (χ4v) is 2.63. The van der Waals surface area contributed by atoms with Crippen molar-refractivity contribution < 1.29 is 19.7 Å². The van der Waals surface area contributed by atoms with Gasteiger partial charge >= 0.3 is 5.97 Å². The summed E-state index contributed by atoms with van der Waals surface area (Å²) in [5.41, 5.74) is 1.42. The number of morpholine rings is 1. The SMILES string of the molecule is O=C(O)c1cc(N2CCOCC2CO)c2ccccc2n1. The lowest BCUT2D eigenvalue weighted by molar-refractivity contribution is 0.0690. The molecule has 2 N–H and O–H groups in total. The molecule has 110 valence electrons. The Morgan fingerprint density at radius 1 is 1.43 bits per heavy atom. The third-order valence-electron chi connectivity index (χ3n) is 3.66. The van der Waals surface area contributed by atoms with Crippen LogP contribution in [0.3, 0.4) is 0 Å². The molecule has 1 aromatic heterocycles. The molecule has 1 atom stereocenters. The molecule has 6 nitrogen and oxygen atoms in total. The highest BCUT2D eigenvalue weighted by Gasteiger charge is 2.25. The molecule has 6 heteroatoms. The zero-order chi connectivity index (χ0) is 14.8. The van der Waals surface area contributed by atoms with Crippen molar-refractivity contribution in [3.05, 3.63) is 36.0 Å². The number of nitrogens with zero attached hydrogens (tertiary/aromatic N) is 2. The summed E-state index contributed by atoms with van der Waals surface area (Å²) in [6.07, 6.45) is 0. The van der Waals surface area contributed by atoms with E-state index in [2.05, 4.69) is 4.98 Å². The van der Waals surface area contributed by atoms with Crippen LogP contribution in [0.5, 0.6) is 0 Å². The summed E-state index contributed by atoms with van der Waals surface area (Å²) < 4.78 is 5.38. The molecule has 1 saturated heterocycles. The van der Waals surface area contributed by atoms with Crippen molar-refractivity contribution >= 4 is 22.6 Å². The van der Waals surface area contributed by atoms with Crippen molar-refractivity contribution in [1.29, 1.82) is 0 Å². The topological polar surface area (TPSA) is 82.9 Å². The first-order valence-corrected chi connectivity index (χ1v) is 6.79. The first-order valence-electron chi connectivity index (χ1n) is 6.79. The van der Waals surface area contributed by atoms with Crippen LogP contribution in [0.15, 0.2) is 30.3 Å². The van der Waals surface area contributed by atoms with Gasteiger partial charge in [0.05, 0.1) is 31.4 Å². The lowest BCUT2D eigenvalue weighted by Gasteiger charge is -2.37. The van der Waals surface area contributed by atoms with Crippen molar-refractivity contribution in [2.24, 2.45) is 0 Å². The monoisotopic (exact) mass is 288 g/mol. The van der Waals surface area contributed by atoms with Crippen LogP contribution >= 0.6 is 0 Å². The number of hydrogen-bond donors (Lipinski definition) is 2. The van der Waals surface area contributed by atoms with Gasteiger partial charge in [-0.1, -0.05) is 18.2 Å². The van der Waals surface area contributed by atoms with Gasteiger partial charge in [0.15, 0.2) is 5.69 Å². The molecule has 0 aliphatic carbocycles. The van der Waals surface area contributed by atoms with Gasteiger partial charge in [0.25, 0.3) is 0 Å². The third-order valence-corrected chi connectivity index (χ3v) is 3.66. The van der Waals surface area contributed by atoms with Crippen LogP contribution in [-0.4, -0.2) is 53.6 Å². The number of hydrogen-bond acceptors (Lipinski definition) is 5. The van der Waals surface area contributed by atoms with Gasteiger partial charge in [-0.15, -0.1) is 0 Å². The molecule has 1 fully saturated rings. The molecule has 21 heavy (non-hydrogen) atoms. The molecule has 1 aromatic carbocycles. The number of ether oxygens (including phenoxy) is 1. The minimum absolute atomic E-state index is 0.00637. The summed E-state index contributed by atoms with van der Waals surface area (Å²) in [5.74, 6) is -1.06. The minimum atomic E-state index is -1.06. The highest BCUT2D eigenvalue weighted by molar-refractivity contribution is 5.97. The second-order valence-electron chi connectivity index (χ2n) is 4.95. The molecule has 0 radical (unpaired) electrons. The molecule has 1 aliphatic rings. The number of pyridine rings is 1. The molecular weight excluding hydrogens is 272 g/mol.